The molecule has 0 saturated heterocycles. The lowest BCUT2D eigenvalue weighted by Gasteiger charge is -2.20. The number of aromatic nitrogens is 3. The Hall–Kier alpha value is -3.15. The standard InChI is InChI=1S/C25H29N3O3/c1-2-23-26-28(17-18-8-4-3-5-9-18)25(31)27(23)16-19-12-14-20(15-13-19)21-10-6-7-11-22(21)24(29)30/h6-7,10-15,18H,2-5,8-9,16-17H2,1H3,(H,29,30). The van der Waals surface area contributed by atoms with Gasteiger partial charge < -0.3 is 5.11 Å². The lowest BCUT2D eigenvalue weighted by atomic mass is 9.89. The molecule has 0 radical (unpaired) electrons. The molecular formula is C25H29N3O3. The van der Waals surface area contributed by atoms with Crippen LogP contribution in [0.3, 0.4) is 0 Å². The zero-order chi connectivity index (χ0) is 21.8. The summed E-state index contributed by atoms with van der Waals surface area (Å²) in [6.07, 6.45) is 6.86. The van der Waals surface area contributed by atoms with E-state index in [0.29, 0.717) is 31.0 Å². The van der Waals surface area contributed by atoms with Crippen molar-refractivity contribution in [1.29, 1.82) is 0 Å². The number of aromatic carboxylic acids is 1. The first-order chi connectivity index (χ1) is 15.1. The van der Waals surface area contributed by atoms with Gasteiger partial charge in [-0.25, -0.2) is 14.3 Å². The summed E-state index contributed by atoms with van der Waals surface area (Å²) in [6, 6.07) is 14.7. The Morgan fingerprint density at radius 3 is 2.45 bits per heavy atom. The van der Waals surface area contributed by atoms with E-state index in [0.717, 1.165) is 17.0 Å². The fraction of sp³-hybridized carbons (Fsp3) is 0.400. The summed E-state index contributed by atoms with van der Waals surface area (Å²) in [4.78, 5) is 24.5. The summed E-state index contributed by atoms with van der Waals surface area (Å²) in [5.74, 6) is 0.415. The minimum Gasteiger partial charge on any atom is -0.478 e. The van der Waals surface area contributed by atoms with Gasteiger partial charge in [0.1, 0.15) is 5.82 Å². The van der Waals surface area contributed by atoms with Crippen LogP contribution in [0.2, 0.25) is 0 Å². The van der Waals surface area contributed by atoms with Crippen molar-refractivity contribution in [3.05, 3.63) is 76.0 Å². The highest BCUT2D eigenvalue weighted by atomic mass is 16.4. The van der Waals surface area contributed by atoms with Gasteiger partial charge in [-0.1, -0.05) is 68.7 Å². The Morgan fingerprint density at radius 2 is 1.77 bits per heavy atom. The number of carboxylic acid groups (broad SMARTS) is 1. The molecule has 4 rings (SSSR count). The van der Waals surface area contributed by atoms with Crippen LogP contribution in [0, 0.1) is 5.92 Å². The molecule has 6 nitrogen and oxygen atoms in total. The molecule has 0 unspecified atom stereocenters. The fourth-order valence-electron chi connectivity index (χ4n) is 4.53. The predicted molar refractivity (Wildman–Crippen MR) is 120 cm³/mol. The highest BCUT2D eigenvalue weighted by molar-refractivity contribution is 5.95. The number of nitrogens with zero attached hydrogens (tertiary/aromatic N) is 3. The third-order valence-corrected chi connectivity index (χ3v) is 6.23. The normalized spacial score (nSPS) is 14.6. The summed E-state index contributed by atoms with van der Waals surface area (Å²) >= 11 is 0. The summed E-state index contributed by atoms with van der Waals surface area (Å²) in [7, 11) is 0. The monoisotopic (exact) mass is 419 g/mol. The van der Waals surface area contributed by atoms with Crippen LogP contribution in [0.25, 0.3) is 11.1 Å². The molecule has 0 atom stereocenters. The minimum absolute atomic E-state index is 0.0391. The maximum Gasteiger partial charge on any atom is 0.346 e. The van der Waals surface area contributed by atoms with Crippen molar-refractivity contribution in [3.63, 3.8) is 0 Å². The number of hydrogen-bond acceptors (Lipinski definition) is 3. The van der Waals surface area contributed by atoms with Gasteiger partial charge in [0.15, 0.2) is 0 Å². The topological polar surface area (TPSA) is 77.1 Å². The predicted octanol–water partition coefficient (Wildman–Crippen LogP) is 4.60. The van der Waals surface area contributed by atoms with Crippen molar-refractivity contribution in [3.8, 4) is 11.1 Å². The molecule has 1 aromatic heterocycles. The zero-order valence-electron chi connectivity index (χ0n) is 18.0. The van der Waals surface area contributed by atoms with Gasteiger partial charge in [-0.3, -0.25) is 4.57 Å². The van der Waals surface area contributed by atoms with E-state index >= 15 is 0 Å². The summed E-state index contributed by atoms with van der Waals surface area (Å²) in [5.41, 5.74) is 2.77. The Balaban J connectivity index is 1.55. The largest absolute Gasteiger partial charge is 0.478 e. The molecule has 2 aromatic carbocycles. The van der Waals surface area contributed by atoms with Gasteiger partial charge in [-0.05, 0) is 41.5 Å². The average molecular weight is 420 g/mol. The first-order valence-corrected chi connectivity index (χ1v) is 11.1. The molecular weight excluding hydrogens is 390 g/mol. The van der Waals surface area contributed by atoms with E-state index in [1.165, 1.54) is 32.1 Å². The van der Waals surface area contributed by atoms with Crippen LogP contribution in [0.15, 0.2) is 53.3 Å². The van der Waals surface area contributed by atoms with Crippen LogP contribution in [0.4, 0.5) is 0 Å². The Morgan fingerprint density at radius 1 is 1.06 bits per heavy atom. The molecule has 1 N–H and O–H groups in total. The van der Waals surface area contributed by atoms with Gasteiger partial charge in [-0.2, -0.15) is 5.10 Å². The second kappa shape index (κ2) is 9.33. The maximum absolute atomic E-state index is 13.0. The number of benzene rings is 2. The Kier molecular flexibility index (Phi) is 6.35. The molecule has 1 aliphatic rings. The van der Waals surface area contributed by atoms with Gasteiger partial charge in [0.05, 0.1) is 12.1 Å². The van der Waals surface area contributed by atoms with Crippen molar-refractivity contribution < 1.29 is 9.90 Å². The molecule has 0 amide bonds. The van der Waals surface area contributed by atoms with Crippen molar-refractivity contribution in [2.24, 2.45) is 5.92 Å². The van der Waals surface area contributed by atoms with Crippen LogP contribution >= 0.6 is 0 Å². The highest BCUT2D eigenvalue weighted by Gasteiger charge is 2.19. The van der Waals surface area contributed by atoms with E-state index in [1.807, 2.05) is 43.3 Å². The zero-order valence-corrected chi connectivity index (χ0v) is 18.0. The second-order valence-electron chi connectivity index (χ2n) is 8.37. The molecule has 162 valence electrons. The Labute approximate surface area is 182 Å². The molecule has 1 aliphatic carbocycles. The quantitative estimate of drug-likeness (QED) is 0.607. The summed E-state index contributed by atoms with van der Waals surface area (Å²) in [5, 5.41) is 14.1. The van der Waals surface area contributed by atoms with Crippen molar-refractivity contribution >= 4 is 5.97 Å². The van der Waals surface area contributed by atoms with Crippen molar-refractivity contribution in [2.75, 3.05) is 0 Å². The number of hydrogen-bond donors (Lipinski definition) is 1. The SMILES string of the molecule is CCc1nn(CC2CCCCC2)c(=O)n1Cc1ccc(-c2ccccc2C(=O)O)cc1. The van der Waals surface area contributed by atoms with E-state index in [9.17, 15) is 14.7 Å². The molecule has 0 aliphatic heterocycles. The third-order valence-electron chi connectivity index (χ3n) is 6.23. The molecule has 0 spiro atoms. The maximum atomic E-state index is 13.0. The highest BCUT2D eigenvalue weighted by Crippen LogP contribution is 2.25. The van der Waals surface area contributed by atoms with Gasteiger partial charge in [0.25, 0.3) is 0 Å². The van der Waals surface area contributed by atoms with E-state index in [-0.39, 0.29) is 11.3 Å². The lowest BCUT2D eigenvalue weighted by Crippen LogP contribution is -2.28. The molecule has 0 bridgehead atoms. The number of carbonyl (C=O) groups is 1. The Bertz CT molecular complexity index is 1110. The minimum atomic E-state index is -0.941. The second-order valence-corrected chi connectivity index (χ2v) is 8.37. The van der Waals surface area contributed by atoms with Gasteiger partial charge in [-0.15, -0.1) is 0 Å². The van der Waals surface area contributed by atoms with Crippen molar-refractivity contribution in [1.82, 2.24) is 14.3 Å². The van der Waals surface area contributed by atoms with Crippen LogP contribution < -0.4 is 5.69 Å². The van der Waals surface area contributed by atoms with Gasteiger partial charge in [0, 0.05) is 13.0 Å². The van der Waals surface area contributed by atoms with E-state index in [1.54, 1.807) is 21.4 Å². The van der Waals surface area contributed by atoms with Crippen LogP contribution in [0.1, 0.15) is 60.8 Å². The van der Waals surface area contributed by atoms with Crippen LogP contribution in [0.5, 0.6) is 0 Å². The van der Waals surface area contributed by atoms with Gasteiger partial charge >= 0.3 is 11.7 Å². The van der Waals surface area contributed by atoms with Crippen LogP contribution in [-0.4, -0.2) is 25.4 Å². The molecule has 6 heteroatoms. The summed E-state index contributed by atoms with van der Waals surface area (Å²) in [6.45, 7) is 3.20. The smallest absolute Gasteiger partial charge is 0.346 e. The fourth-order valence-corrected chi connectivity index (χ4v) is 4.53. The molecule has 1 saturated carbocycles. The van der Waals surface area contributed by atoms with Crippen LogP contribution in [-0.2, 0) is 19.5 Å². The number of aryl methyl sites for hydroxylation is 1. The van der Waals surface area contributed by atoms with E-state index in [4.69, 9.17) is 0 Å². The van der Waals surface area contributed by atoms with Crippen molar-refractivity contribution in [2.45, 2.75) is 58.5 Å². The lowest BCUT2D eigenvalue weighted by molar-refractivity contribution is 0.0697. The van der Waals surface area contributed by atoms with Gasteiger partial charge in [0.2, 0.25) is 0 Å². The average Bonchev–Trinajstić information content (AvgIpc) is 3.09. The first kappa shape index (κ1) is 21.1. The molecule has 31 heavy (non-hydrogen) atoms. The molecule has 3 aromatic rings. The van der Waals surface area contributed by atoms with E-state index in [2.05, 4.69) is 5.10 Å². The summed E-state index contributed by atoms with van der Waals surface area (Å²) < 4.78 is 3.43. The number of rotatable bonds is 7. The third kappa shape index (κ3) is 4.63. The molecule has 1 heterocycles. The molecule has 1 fully saturated rings. The number of carboxylic acids is 1. The van der Waals surface area contributed by atoms with E-state index < -0.39 is 5.97 Å². The first-order valence-electron chi connectivity index (χ1n) is 11.1.